The zero-order chi connectivity index (χ0) is 13.6. The Balaban J connectivity index is 2.93. The molecule has 1 atom stereocenters. The van der Waals surface area contributed by atoms with E-state index in [1.165, 1.54) is 7.11 Å². The van der Waals surface area contributed by atoms with E-state index in [4.69, 9.17) is 4.74 Å². The molecular formula is C13H20N2O3. The number of carbonyl (C=O) groups is 2. The third-order valence-electron chi connectivity index (χ3n) is 3.18. The van der Waals surface area contributed by atoms with Gasteiger partial charge in [-0.3, -0.25) is 0 Å². The van der Waals surface area contributed by atoms with Crippen LogP contribution in [0.15, 0.2) is 25.3 Å². The van der Waals surface area contributed by atoms with Crippen LogP contribution in [0, 0.1) is 0 Å². The minimum Gasteiger partial charge on any atom is -0.467 e. The van der Waals surface area contributed by atoms with Gasteiger partial charge in [0.1, 0.15) is 5.54 Å². The van der Waals surface area contributed by atoms with Gasteiger partial charge in [-0.25, -0.2) is 9.59 Å². The number of nitrogens with zero attached hydrogens (tertiary/aromatic N) is 1. The summed E-state index contributed by atoms with van der Waals surface area (Å²) in [5.74, 6) is -0.381. The molecule has 1 N–H and O–H groups in total. The lowest BCUT2D eigenvalue weighted by Crippen LogP contribution is -2.56. The SMILES string of the molecule is C=CCNC(=O)N1CCC[C@@]1(CC=C)C(=O)OC. The largest absolute Gasteiger partial charge is 0.467 e. The van der Waals surface area contributed by atoms with Gasteiger partial charge in [-0.15, -0.1) is 13.2 Å². The molecule has 1 fully saturated rings. The molecule has 0 spiro atoms. The average Bonchev–Trinajstić information content (AvgIpc) is 2.80. The standard InChI is InChI=1S/C13H20N2O3/c1-4-7-13(11(16)18-3)8-6-10-15(13)12(17)14-9-5-2/h4-5H,1-2,6-10H2,3H3,(H,14,17)/t13-/m0/s1. The number of carbonyl (C=O) groups excluding carboxylic acids is 2. The maximum atomic E-state index is 12.0. The molecule has 2 amide bonds. The number of esters is 1. The Kier molecular flexibility index (Phi) is 4.95. The van der Waals surface area contributed by atoms with Crippen LogP contribution in [0.25, 0.3) is 0 Å². The molecule has 0 radical (unpaired) electrons. The van der Waals surface area contributed by atoms with Gasteiger partial charge in [0, 0.05) is 13.1 Å². The van der Waals surface area contributed by atoms with Gasteiger partial charge in [-0.05, 0) is 19.3 Å². The molecule has 5 nitrogen and oxygen atoms in total. The number of likely N-dealkylation sites (tertiary alicyclic amines) is 1. The molecule has 0 bridgehead atoms. The number of nitrogens with one attached hydrogen (secondary N) is 1. The van der Waals surface area contributed by atoms with E-state index in [0.717, 1.165) is 6.42 Å². The van der Waals surface area contributed by atoms with Crippen molar-refractivity contribution in [3.05, 3.63) is 25.3 Å². The third kappa shape index (κ3) is 2.55. The summed E-state index contributed by atoms with van der Waals surface area (Å²) in [4.78, 5) is 25.6. The zero-order valence-electron chi connectivity index (χ0n) is 10.8. The molecule has 18 heavy (non-hydrogen) atoms. The van der Waals surface area contributed by atoms with Crippen molar-refractivity contribution in [3.8, 4) is 0 Å². The number of hydrogen-bond donors (Lipinski definition) is 1. The van der Waals surface area contributed by atoms with E-state index in [2.05, 4.69) is 18.5 Å². The molecule has 0 aromatic carbocycles. The molecule has 1 aliphatic rings. The molecule has 0 aliphatic carbocycles. The predicted molar refractivity (Wildman–Crippen MR) is 69.1 cm³/mol. The van der Waals surface area contributed by atoms with E-state index >= 15 is 0 Å². The lowest BCUT2D eigenvalue weighted by Gasteiger charge is -2.35. The maximum absolute atomic E-state index is 12.0. The fourth-order valence-electron chi connectivity index (χ4n) is 2.37. The van der Waals surface area contributed by atoms with Gasteiger partial charge < -0.3 is 15.0 Å². The summed E-state index contributed by atoms with van der Waals surface area (Å²) in [6.45, 7) is 8.12. The number of ether oxygens (including phenoxy) is 1. The Hall–Kier alpha value is -1.78. The normalized spacial score (nSPS) is 22.4. The van der Waals surface area contributed by atoms with E-state index in [-0.39, 0.29) is 12.0 Å². The van der Waals surface area contributed by atoms with Gasteiger partial charge in [-0.1, -0.05) is 12.2 Å². The van der Waals surface area contributed by atoms with Crippen LogP contribution in [0.5, 0.6) is 0 Å². The highest BCUT2D eigenvalue weighted by molar-refractivity contribution is 5.88. The van der Waals surface area contributed by atoms with E-state index in [9.17, 15) is 9.59 Å². The predicted octanol–water partition coefficient (Wildman–Crippen LogP) is 1.47. The van der Waals surface area contributed by atoms with Crippen LogP contribution in [0.1, 0.15) is 19.3 Å². The molecule has 5 heteroatoms. The molecule has 1 saturated heterocycles. The monoisotopic (exact) mass is 252 g/mol. The van der Waals surface area contributed by atoms with Crippen LogP contribution in [0.3, 0.4) is 0 Å². The molecule has 0 aromatic rings. The molecule has 1 rings (SSSR count). The minimum atomic E-state index is -0.901. The molecule has 0 unspecified atom stereocenters. The van der Waals surface area contributed by atoms with Crippen LogP contribution in [0.4, 0.5) is 4.79 Å². The van der Waals surface area contributed by atoms with Crippen LogP contribution in [-0.2, 0) is 9.53 Å². The van der Waals surface area contributed by atoms with Gasteiger partial charge in [0.2, 0.25) is 0 Å². The van der Waals surface area contributed by atoms with Crippen LogP contribution < -0.4 is 5.32 Å². The van der Waals surface area contributed by atoms with Crippen molar-refractivity contribution >= 4 is 12.0 Å². The second-order valence-electron chi connectivity index (χ2n) is 4.25. The third-order valence-corrected chi connectivity index (χ3v) is 3.18. The van der Waals surface area contributed by atoms with Crippen molar-refractivity contribution in [3.63, 3.8) is 0 Å². The fourth-order valence-corrected chi connectivity index (χ4v) is 2.37. The fraction of sp³-hybridized carbons (Fsp3) is 0.538. The summed E-state index contributed by atoms with van der Waals surface area (Å²) in [6, 6.07) is -0.264. The molecule has 0 aromatic heterocycles. The van der Waals surface area contributed by atoms with Crippen molar-refractivity contribution in [2.75, 3.05) is 20.2 Å². The summed E-state index contributed by atoms with van der Waals surface area (Å²) >= 11 is 0. The van der Waals surface area contributed by atoms with E-state index < -0.39 is 5.54 Å². The highest BCUT2D eigenvalue weighted by atomic mass is 16.5. The quantitative estimate of drug-likeness (QED) is 0.595. The van der Waals surface area contributed by atoms with E-state index in [1.807, 2.05) is 0 Å². The second-order valence-corrected chi connectivity index (χ2v) is 4.25. The van der Waals surface area contributed by atoms with Crippen molar-refractivity contribution in [1.29, 1.82) is 0 Å². The Morgan fingerprint density at radius 1 is 1.44 bits per heavy atom. The highest BCUT2D eigenvalue weighted by Gasteiger charge is 2.49. The summed E-state index contributed by atoms with van der Waals surface area (Å²) < 4.78 is 4.85. The Labute approximate surface area is 107 Å². The number of hydrogen-bond acceptors (Lipinski definition) is 3. The summed E-state index contributed by atoms with van der Waals surface area (Å²) in [5.41, 5.74) is -0.901. The van der Waals surface area contributed by atoms with Crippen molar-refractivity contribution < 1.29 is 14.3 Å². The van der Waals surface area contributed by atoms with Gasteiger partial charge in [-0.2, -0.15) is 0 Å². The number of methoxy groups -OCH3 is 1. The molecule has 1 aliphatic heterocycles. The lowest BCUT2D eigenvalue weighted by atomic mass is 9.92. The summed E-state index contributed by atoms with van der Waals surface area (Å²) in [7, 11) is 1.34. The number of urea groups is 1. The van der Waals surface area contributed by atoms with Gasteiger partial charge in [0.15, 0.2) is 0 Å². The van der Waals surface area contributed by atoms with Gasteiger partial charge >= 0.3 is 12.0 Å². The number of rotatable bonds is 5. The minimum absolute atomic E-state index is 0.264. The zero-order valence-corrected chi connectivity index (χ0v) is 10.8. The topological polar surface area (TPSA) is 58.6 Å². The Bertz CT molecular complexity index is 354. The van der Waals surface area contributed by atoms with E-state index in [0.29, 0.717) is 25.9 Å². The lowest BCUT2D eigenvalue weighted by molar-refractivity contribution is -0.151. The van der Waals surface area contributed by atoms with Crippen molar-refractivity contribution in [2.24, 2.45) is 0 Å². The second kappa shape index (κ2) is 6.23. The van der Waals surface area contributed by atoms with Gasteiger partial charge in [0.25, 0.3) is 0 Å². The highest BCUT2D eigenvalue weighted by Crippen LogP contribution is 2.34. The summed E-state index contributed by atoms with van der Waals surface area (Å²) in [5, 5.41) is 2.69. The van der Waals surface area contributed by atoms with E-state index in [1.54, 1.807) is 17.1 Å². The average molecular weight is 252 g/mol. The summed E-state index contributed by atoms with van der Waals surface area (Å²) in [6.07, 6.45) is 5.04. The smallest absolute Gasteiger partial charge is 0.332 e. The Morgan fingerprint density at radius 2 is 2.17 bits per heavy atom. The molecule has 100 valence electrons. The Morgan fingerprint density at radius 3 is 2.72 bits per heavy atom. The first kappa shape index (κ1) is 14.3. The van der Waals surface area contributed by atoms with Crippen molar-refractivity contribution in [2.45, 2.75) is 24.8 Å². The first-order chi connectivity index (χ1) is 8.62. The van der Waals surface area contributed by atoms with Gasteiger partial charge in [0.05, 0.1) is 7.11 Å². The molecular weight excluding hydrogens is 232 g/mol. The van der Waals surface area contributed by atoms with Crippen molar-refractivity contribution in [1.82, 2.24) is 10.2 Å². The van der Waals surface area contributed by atoms with Crippen LogP contribution in [0.2, 0.25) is 0 Å². The molecule has 1 heterocycles. The first-order valence-electron chi connectivity index (χ1n) is 5.98. The maximum Gasteiger partial charge on any atom is 0.332 e. The first-order valence-corrected chi connectivity index (χ1v) is 5.98. The number of amides is 2. The van der Waals surface area contributed by atoms with Crippen LogP contribution >= 0.6 is 0 Å². The molecule has 0 saturated carbocycles. The van der Waals surface area contributed by atoms with Crippen LogP contribution in [-0.4, -0.2) is 42.6 Å².